The van der Waals surface area contributed by atoms with E-state index in [0.717, 1.165) is 24.1 Å². The molecule has 1 saturated heterocycles. The first-order valence-electron chi connectivity index (χ1n) is 7.23. The quantitative estimate of drug-likeness (QED) is 0.814. The van der Waals surface area contributed by atoms with Crippen LogP contribution in [-0.4, -0.2) is 22.6 Å². The molecule has 0 saturated carbocycles. The Hall–Kier alpha value is -1.12. The lowest BCUT2D eigenvalue weighted by Gasteiger charge is -2.36. The Morgan fingerprint density at radius 1 is 1.39 bits per heavy atom. The summed E-state index contributed by atoms with van der Waals surface area (Å²) in [5, 5.41) is 0. The van der Waals surface area contributed by atoms with Gasteiger partial charge in [0.2, 0.25) is 5.95 Å². The van der Waals surface area contributed by atoms with E-state index in [4.69, 9.17) is 0 Å². The number of rotatable bonds is 4. The van der Waals surface area contributed by atoms with E-state index in [1.165, 1.54) is 32.1 Å². The number of aryl methyl sites for hydroxylation is 1. The van der Waals surface area contributed by atoms with Gasteiger partial charge in [0.15, 0.2) is 0 Å². The van der Waals surface area contributed by atoms with Crippen molar-refractivity contribution in [1.29, 1.82) is 0 Å². The summed E-state index contributed by atoms with van der Waals surface area (Å²) in [6.45, 7) is 7.76. The lowest BCUT2D eigenvalue weighted by atomic mass is 9.95. The van der Waals surface area contributed by atoms with Gasteiger partial charge < -0.3 is 4.90 Å². The van der Waals surface area contributed by atoms with E-state index in [-0.39, 0.29) is 0 Å². The molecule has 1 atom stereocenters. The lowest BCUT2D eigenvalue weighted by Crippen LogP contribution is -2.40. The molecule has 1 fully saturated rings. The molecule has 1 aromatic heterocycles. The number of piperidine rings is 1. The molecule has 0 amide bonds. The molecule has 2 rings (SSSR count). The van der Waals surface area contributed by atoms with E-state index in [1.54, 1.807) is 0 Å². The van der Waals surface area contributed by atoms with Crippen LogP contribution in [0.3, 0.4) is 0 Å². The van der Waals surface area contributed by atoms with Crippen molar-refractivity contribution in [1.82, 2.24) is 9.97 Å². The van der Waals surface area contributed by atoms with E-state index in [0.29, 0.717) is 6.04 Å². The summed E-state index contributed by atoms with van der Waals surface area (Å²) < 4.78 is 0. The Bertz CT molecular complexity index is 376. The Balaban J connectivity index is 2.07. The molecule has 0 aliphatic carbocycles. The first-order chi connectivity index (χ1) is 8.66. The average Bonchev–Trinajstić information content (AvgIpc) is 2.36. The molecule has 1 aromatic rings. The maximum Gasteiger partial charge on any atom is 0.225 e. The zero-order chi connectivity index (χ0) is 13.0. The third-order valence-electron chi connectivity index (χ3n) is 3.74. The fourth-order valence-electron chi connectivity index (χ4n) is 2.66. The fourth-order valence-corrected chi connectivity index (χ4v) is 2.66. The van der Waals surface area contributed by atoms with Crippen LogP contribution >= 0.6 is 0 Å². The number of anilines is 1. The summed E-state index contributed by atoms with van der Waals surface area (Å²) in [7, 11) is 0. The minimum absolute atomic E-state index is 0.642. The van der Waals surface area contributed by atoms with Crippen LogP contribution in [0.1, 0.15) is 51.6 Å². The maximum atomic E-state index is 4.59. The minimum atomic E-state index is 0.642. The Morgan fingerprint density at radius 3 is 2.94 bits per heavy atom. The number of nitrogens with zero attached hydrogens (tertiary/aromatic N) is 3. The van der Waals surface area contributed by atoms with Crippen LogP contribution < -0.4 is 4.90 Å². The van der Waals surface area contributed by atoms with Crippen molar-refractivity contribution in [3.8, 4) is 0 Å². The van der Waals surface area contributed by atoms with Crippen LogP contribution in [0, 0.1) is 12.8 Å². The monoisotopic (exact) mass is 247 g/mol. The molecule has 1 aliphatic rings. The molecule has 1 aliphatic heterocycles. The highest BCUT2D eigenvalue weighted by Crippen LogP contribution is 2.25. The molecule has 3 heteroatoms. The van der Waals surface area contributed by atoms with Gasteiger partial charge in [-0.2, -0.15) is 0 Å². The molecule has 0 spiro atoms. The van der Waals surface area contributed by atoms with Gasteiger partial charge in [0.1, 0.15) is 0 Å². The van der Waals surface area contributed by atoms with E-state index in [1.807, 2.05) is 19.2 Å². The standard InChI is InChI=1S/C15H25N3/c1-12(2)7-8-14-6-4-5-11-18(14)15-16-10-9-13(3)17-15/h9-10,12,14H,4-8,11H2,1-3H3. The molecular formula is C15H25N3. The average molecular weight is 247 g/mol. The van der Waals surface area contributed by atoms with Crippen LogP contribution in [-0.2, 0) is 0 Å². The van der Waals surface area contributed by atoms with Crippen molar-refractivity contribution in [3.05, 3.63) is 18.0 Å². The number of aromatic nitrogens is 2. The molecule has 100 valence electrons. The molecule has 0 radical (unpaired) electrons. The largest absolute Gasteiger partial charge is 0.338 e. The summed E-state index contributed by atoms with van der Waals surface area (Å²) in [6, 6.07) is 2.61. The van der Waals surface area contributed by atoms with Crippen LogP contribution in [0.2, 0.25) is 0 Å². The number of hydrogen-bond donors (Lipinski definition) is 0. The van der Waals surface area contributed by atoms with Crippen LogP contribution in [0.15, 0.2) is 12.3 Å². The van der Waals surface area contributed by atoms with Crippen LogP contribution in [0.4, 0.5) is 5.95 Å². The molecule has 1 unspecified atom stereocenters. The van der Waals surface area contributed by atoms with Crippen molar-refractivity contribution in [2.75, 3.05) is 11.4 Å². The van der Waals surface area contributed by atoms with Gasteiger partial charge in [0.25, 0.3) is 0 Å². The highest BCUT2D eigenvalue weighted by molar-refractivity contribution is 5.32. The highest BCUT2D eigenvalue weighted by atomic mass is 15.3. The second-order valence-corrected chi connectivity index (χ2v) is 5.81. The van der Waals surface area contributed by atoms with Gasteiger partial charge in [-0.15, -0.1) is 0 Å². The first kappa shape index (κ1) is 13.3. The lowest BCUT2D eigenvalue weighted by molar-refractivity contribution is 0.399. The zero-order valence-corrected chi connectivity index (χ0v) is 11.9. The van der Waals surface area contributed by atoms with Gasteiger partial charge in [-0.1, -0.05) is 13.8 Å². The van der Waals surface area contributed by atoms with Gasteiger partial charge in [-0.3, -0.25) is 0 Å². The summed E-state index contributed by atoms with van der Waals surface area (Å²) >= 11 is 0. The van der Waals surface area contributed by atoms with Gasteiger partial charge in [0, 0.05) is 24.5 Å². The summed E-state index contributed by atoms with van der Waals surface area (Å²) in [6.07, 6.45) is 8.37. The fraction of sp³-hybridized carbons (Fsp3) is 0.733. The van der Waals surface area contributed by atoms with Crippen molar-refractivity contribution >= 4 is 5.95 Å². The first-order valence-corrected chi connectivity index (χ1v) is 7.23. The molecule has 0 aromatic carbocycles. The van der Waals surface area contributed by atoms with Crippen molar-refractivity contribution in [2.24, 2.45) is 5.92 Å². The second-order valence-electron chi connectivity index (χ2n) is 5.81. The van der Waals surface area contributed by atoms with Crippen LogP contribution in [0.5, 0.6) is 0 Å². The third-order valence-corrected chi connectivity index (χ3v) is 3.74. The predicted octanol–water partition coefficient (Wildman–Crippen LogP) is 3.58. The zero-order valence-electron chi connectivity index (χ0n) is 11.9. The second kappa shape index (κ2) is 6.17. The SMILES string of the molecule is Cc1ccnc(N2CCCCC2CCC(C)C)n1. The molecule has 0 bridgehead atoms. The molecule has 3 nitrogen and oxygen atoms in total. The van der Waals surface area contributed by atoms with E-state index in [9.17, 15) is 0 Å². The van der Waals surface area contributed by atoms with E-state index in [2.05, 4.69) is 28.7 Å². The highest BCUT2D eigenvalue weighted by Gasteiger charge is 2.24. The van der Waals surface area contributed by atoms with E-state index < -0.39 is 0 Å². The Kier molecular flexibility index (Phi) is 4.56. The molecule has 2 heterocycles. The van der Waals surface area contributed by atoms with Gasteiger partial charge >= 0.3 is 0 Å². The van der Waals surface area contributed by atoms with Gasteiger partial charge in [0.05, 0.1) is 0 Å². The van der Waals surface area contributed by atoms with Gasteiger partial charge in [-0.05, 0) is 51.0 Å². The van der Waals surface area contributed by atoms with Crippen molar-refractivity contribution in [3.63, 3.8) is 0 Å². The summed E-state index contributed by atoms with van der Waals surface area (Å²) in [5.74, 6) is 1.72. The predicted molar refractivity (Wildman–Crippen MR) is 75.8 cm³/mol. The van der Waals surface area contributed by atoms with E-state index >= 15 is 0 Å². The normalized spacial score (nSPS) is 20.4. The van der Waals surface area contributed by atoms with Crippen molar-refractivity contribution < 1.29 is 0 Å². The molecular weight excluding hydrogens is 222 g/mol. The smallest absolute Gasteiger partial charge is 0.225 e. The van der Waals surface area contributed by atoms with Crippen molar-refractivity contribution in [2.45, 2.75) is 58.9 Å². The molecule has 18 heavy (non-hydrogen) atoms. The third kappa shape index (κ3) is 3.44. The topological polar surface area (TPSA) is 29.0 Å². The Morgan fingerprint density at radius 2 is 2.22 bits per heavy atom. The van der Waals surface area contributed by atoms with Crippen LogP contribution in [0.25, 0.3) is 0 Å². The summed E-state index contributed by atoms with van der Waals surface area (Å²) in [4.78, 5) is 11.5. The minimum Gasteiger partial charge on any atom is -0.338 e. The maximum absolute atomic E-state index is 4.59. The Labute approximate surface area is 111 Å². The number of hydrogen-bond acceptors (Lipinski definition) is 3. The summed E-state index contributed by atoms with van der Waals surface area (Å²) in [5.41, 5.74) is 1.06. The van der Waals surface area contributed by atoms with Gasteiger partial charge in [-0.25, -0.2) is 9.97 Å². The molecule has 0 N–H and O–H groups in total.